The van der Waals surface area contributed by atoms with Gasteiger partial charge in [0, 0.05) is 18.9 Å². The quantitative estimate of drug-likeness (QED) is 0.690. The van der Waals surface area contributed by atoms with E-state index >= 15 is 0 Å². The zero-order chi connectivity index (χ0) is 14.8. The molecular formula is C16H15N3O2. The molecule has 5 heteroatoms. The lowest BCUT2D eigenvalue weighted by Crippen LogP contribution is -2.12. The fourth-order valence-corrected chi connectivity index (χ4v) is 2.29. The number of benzene rings is 1. The average Bonchev–Trinajstić information content (AvgIpc) is 2.92. The van der Waals surface area contributed by atoms with Crippen molar-refractivity contribution in [1.29, 1.82) is 0 Å². The third-order valence-electron chi connectivity index (χ3n) is 3.44. The zero-order valence-electron chi connectivity index (χ0n) is 11.9. The second kappa shape index (κ2) is 5.28. The van der Waals surface area contributed by atoms with Crippen LogP contribution in [0.2, 0.25) is 0 Å². The summed E-state index contributed by atoms with van der Waals surface area (Å²) in [6, 6.07) is 13.3. The number of carbonyl (C=O) groups excluding carboxylic acids is 1. The maximum Gasteiger partial charge on any atom is 0.170 e. The molecule has 0 aliphatic carbocycles. The molecule has 5 nitrogen and oxygen atoms in total. The fourth-order valence-electron chi connectivity index (χ4n) is 2.29. The summed E-state index contributed by atoms with van der Waals surface area (Å²) in [6.45, 7) is 0. The molecule has 0 atom stereocenters. The van der Waals surface area contributed by atoms with Crippen LogP contribution in [0, 0.1) is 0 Å². The molecule has 3 aromatic rings. The van der Waals surface area contributed by atoms with Gasteiger partial charge in [0.05, 0.1) is 7.11 Å². The molecule has 0 fully saturated rings. The van der Waals surface area contributed by atoms with Crippen LogP contribution in [0.15, 0.2) is 48.7 Å². The van der Waals surface area contributed by atoms with Crippen molar-refractivity contribution in [2.75, 3.05) is 19.1 Å². The number of rotatable bonds is 4. The lowest BCUT2D eigenvalue weighted by Gasteiger charge is -2.17. The number of hydrogen-bond acceptors (Lipinski definition) is 4. The maximum absolute atomic E-state index is 11.4. The number of fused-ring (bicyclic) bond motifs is 1. The molecule has 2 heterocycles. The molecule has 0 saturated heterocycles. The molecule has 0 spiro atoms. The molecule has 0 bridgehead atoms. The summed E-state index contributed by atoms with van der Waals surface area (Å²) in [7, 11) is 3.52. The highest BCUT2D eigenvalue weighted by Crippen LogP contribution is 2.27. The summed E-state index contributed by atoms with van der Waals surface area (Å²) in [5.41, 5.74) is 2.21. The highest BCUT2D eigenvalue weighted by atomic mass is 16.5. The molecule has 0 aliphatic rings. The van der Waals surface area contributed by atoms with Crippen LogP contribution >= 0.6 is 0 Å². The summed E-state index contributed by atoms with van der Waals surface area (Å²) < 4.78 is 6.93. The SMILES string of the molecule is COc1ccc(N(C)c2nc3ccccn3c2C=O)cc1. The predicted octanol–water partition coefficient (Wildman–Crippen LogP) is 2.92. The van der Waals surface area contributed by atoms with Crippen molar-refractivity contribution in [1.82, 2.24) is 9.38 Å². The highest BCUT2D eigenvalue weighted by Gasteiger charge is 2.16. The first-order valence-electron chi connectivity index (χ1n) is 6.54. The topological polar surface area (TPSA) is 46.8 Å². The van der Waals surface area contributed by atoms with Gasteiger partial charge in [-0.15, -0.1) is 0 Å². The van der Waals surface area contributed by atoms with Gasteiger partial charge in [0.2, 0.25) is 0 Å². The molecule has 0 aliphatic heterocycles. The summed E-state index contributed by atoms with van der Waals surface area (Å²) in [4.78, 5) is 17.8. The van der Waals surface area contributed by atoms with Gasteiger partial charge in [-0.3, -0.25) is 9.20 Å². The predicted molar refractivity (Wildman–Crippen MR) is 81.6 cm³/mol. The van der Waals surface area contributed by atoms with Crippen LogP contribution in [0.1, 0.15) is 10.5 Å². The highest BCUT2D eigenvalue weighted by molar-refractivity contribution is 5.85. The van der Waals surface area contributed by atoms with Gasteiger partial charge in [0.1, 0.15) is 17.1 Å². The number of carbonyl (C=O) groups is 1. The van der Waals surface area contributed by atoms with Crippen molar-refractivity contribution in [3.05, 3.63) is 54.4 Å². The molecule has 21 heavy (non-hydrogen) atoms. The van der Waals surface area contributed by atoms with Crippen molar-refractivity contribution in [2.45, 2.75) is 0 Å². The van der Waals surface area contributed by atoms with Gasteiger partial charge in [-0.25, -0.2) is 4.98 Å². The van der Waals surface area contributed by atoms with Crippen LogP contribution in [0.5, 0.6) is 5.75 Å². The molecule has 0 N–H and O–H groups in total. The molecule has 0 unspecified atom stereocenters. The first-order valence-corrected chi connectivity index (χ1v) is 6.54. The van der Waals surface area contributed by atoms with E-state index in [2.05, 4.69) is 4.98 Å². The number of hydrogen-bond donors (Lipinski definition) is 0. The second-order valence-corrected chi connectivity index (χ2v) is 4.62. The van der Waals surface area contributed by atoms with Crippen LogP contribution in [0.3, 0.4) is 0 Å². The number of nitrogens with zero attached hydrogens (tertiary/aromatic N) is 3. The third-order valence-corrected chi connectivity index (χ3v) is 3.44. The molecule has 0 amide bonds. The molecule has 106 valence electrons. The molecule has 3 rings (SSSR count). The summed E-state index contributed by atoms with van der Waals surface area (Å²) in [5.74, 6) is 1.42. The van der Waals surface area contributed by atoms with Crippen molar-refractivity contribution >= 4 is 23.4 Å². The van der Waals surface area contributed by atoms with E-state index in [-0.39, 0.29) is 0 Å². The van der Waals surface area contributed by atoms with Gasteiger partial charge in [0.15, 0.2) is 12.1 Å². The molecular weight excluding hydrogens is 266 g/mol. The normalized spacial score (nSPS) is 10.6. The van der Waals surface area contributed by atoms with Gasteiger partial charge < -0.3 is 9.64 Å². The van der Waals surface area contributed by atoms with Gasteiger partial charge in [-0.1, -0.05) is 6.07 Å². The largest absolute Gasteiger partial charge is 0.497 e. The number of methoxy groups -OCH3 is 1. The van der Waals surface area contributed by atoms with Crippen molar-refractivity contribution < 1.29 is 9.53 Å². The van der Waals surface area contributed by atoms with E-state index in [1.807, 2.05) is 60.6 Å². The lowest BCUT2D eigenvalue weighted by molar-refractivity contribution is 0.111. The lowest BCUT2D eigenvalue weighted by atomic mass is 10.2. The number of pyridine rings is 1. The molecule has 2 aromatic heterocycles. The first kappa shape index (κ1) is 13.2. The minimum Gasteiger partial charge on any atom is -0.497 e. The smallest absolute Gasteiger partial charge is 0.170 e. The Balaban J connectivity index is 2.07. The molecule has 1 aromatic carbocycles. The Morgan fingerprint density at radius 1 is 1.19 bits per heavy atom. The van der Waals surface area contributed by atoms with E-state index in [0.29, 0.717) is 11.5 Å². The number of ether oxygens (including phenoxy) is 1. The Hall–Kier alpha value is -2.82. The van der Waals surface area contributed by atoms with Gasteiger partial charge >= 0.3 is 0 Å². The van der Waals surface area contributed by atoms with Crippen LogP contribution < -0.4 is 9.64 Å². The third kappa shape index (κ3) is 2.23. The van der Waals surface area contributed by atoms with Crippen LogP contribution in [-0.4, -0.2) is 29.8 Å². The fraction of sp³-hybridized carbons (Fsp3) is 0.125. The van der Waals surface area contributed by atoms with Crippen molar-refractivity contribution in [2.24, 2.45) is 0 Å². The van der Waals surface area contributed by atoms with Gasteiger partial charge in [-0.2, -0.15) is 0 Å². The van der Waals surface area contributed by atoms with E-state index < -0.39 is 0 Å². The number of imidazole rings is 1. The Kier molecular flexibility index (Phi) is 3.31. The number of aromatic nitrogens is 2. The Labute approximate surface area is 122 Å². The van der Waals surface area contributed by atoms with E-state index in [9.17, 15) is 4.79 Å². The number of aldehydes is 1. The van der Waals surface area contributed by atoms with Crippen LogP contribution in [-0.2, 0) is 0 Å². The second-order valence-electron chi connectivity index (χ2n) is 4.62. The van der Waals surface area contributed by atoms with Gasteiger partial charge in [-0.05, 0) is 36.4 Å². The maximum atomic E-state index is 11.4. The Bertz CT molecular complexity index is 778. The first-order chi connectivity index (χ1) is 10.2. The monoisotopic (exact) mass is 281 g/mol. The van der Waals surface area contributed by atoms with E-state index in [1.54, 1.807) is 11.5 Å². The van der Waals surface area contributed by atoms with Crippen molar-refractivity contribution in [3.63, 3.8) is 0 Å². The van der Waals surface area contributed by atoms with Crippen molar-refractivity contribution in [3.8, 4) is 5.75 Å². The van der Waals surface area contributed by atoms with E-state index in [0.717, 1.165) is 23.4 Å². The van der Waals surface area contributed by atoms with Gasteiger partial charge in [0.25, 0.3) is 0 Å². The molecule has 0 saturated carbocycles. The summed E-state index contributed by atoms with van der Waals surface area (Å²) >= 11 is 0. The van der Waals surface area contributed by atoms with Crippen LogP contribution in [0.25, 0.3) is 5.65 Å². The summed E-state index contributed by atoms with van der Waals surface area (Å²) in [5, 5.41) is 0. The number of anilines is 2. The zero-order valence-corrected chi connectivity index (χ0v) is 11.9. The average molecular weight is 281 g/mol. The Morgan fingerprint density at radius 3 is 2.62 bits per heavy atom. The van der Waals surface area contributed by atoms with Crippen LogP contribution in [0.4, 0.5) is 11.5 Å². The minimum absolute atomic E-state index is 0.531. The molecule has 0 radical (unpaired) electrons. The van der Waals surface area contributed by atoms with E-state index in [1.165, 1.54) is 0 Å². The Morgan fingerprint density at radius 2 is 1.95 bits per heavy atom. The summed E-state index contributed by atoms with van der Waals surface area (Å²) in [6.07, 6.45) is 2.66. The van der Waals surface area contributed by atoms with E-state index in [4.69, 9.17) is 4.74 Å². The standard InChI is InChI=1S/C16H15N3O2/c1-18(12-6-8-13(21-2)9-7-12)16-14(11-20)19-10-4-3-5-15(19)17-16/h3-11H,1-2H3. The minimum atomic E-state index is 0.531.